The molecule has 4 aromatic heterocycles. The van der Waals surface area contributed by atoms with Crippen LogP contribution in [0, 0.1) is 0 Å². The third kappa shape index (κ3) is 4.20. The average molecular weight is 681 g/mol. The molecule has 0 atom stereocenters. The highest BCUT2D eigenvalue weighted by Crippen LogP contribution is 2.51. The molecule has 11 rings (SSSR count). The fourth-order valence-corrected chi connectivity index (χ4v) is 8.72. The number of nitrogens with zero attached hydrogens (tertiary/aromatic N) is 6. The lowest BCUT2D eigenvalue weighted by molar-refractivity contribution is 0.660. The molecule has 1 aliphatic rings. The van der Waals surface area contributed by atoms with Crippen molar-refractivity contribution in [2.45, 2.75) is 19.3 Å². The molecule has 6 nitrogen and oxygen atoms in total. The molecule has 0 spiro atoms. The molecule has 250 valence electrons. The summed E-state index contributed by atoms with van der Waals surface area (Å²) in [7, 11) is 0. The summed E-state index contributed by atoms with van der Waals surface area (Å²) < 4.78 is 4.48. The van der Waals surface area contributed by atoms with E-state index in [1.807, 2.05) is 12.4 Å². The summed E-state index contributed by atoms with van der Waals surface area (Å²) in [6.07, 6.45) is 3.81. The van der Waals surface area contributed by atoms with E-state index in [-0.39, 0.29) is 5.41 Å². The number of rotatable bonds is 4. The van der Waals surface area contributed by atoms with E-state index < -0.39 is 0 Å². The maximum Gasteiger partial charge on any atom is 0.238 e. The van der Waals surface area contributed by atoms with Gasteiger partial charge in [0.1, 0.15) is 0 Å². The lowest BCUT2D eigenvalue weighted by Gasteiger charge is -2.21. The van der Waals surface area contributed by atoms with Gasteiger partial charge in [-0.25, -0.2) is 4.98 Å². The molecule has 0 bridgehead atoms. The highest BCUT2D eigenvalue weighted by molar-refractivity contribution is 6.10. The van der Waals surface area contributed by atoms with E-state index in [1.54, 1.807) is 0 Å². The van der Waals surface area contributed by atoms with E-state index >= 15 is 0 Å². The summed E-state index contributed by atoms with van der Waals surface area (Å²) in [5.41, 5.74) is 11.9. The summed E-state index contributed by atoms with van der Waals surface area (Å²) >= 11 is 0. The normalized spacial score (nSPS) is 13.2. The number of benzene rings is 6. The van der Waals surface area contributed by atoms with Crippen LogP contribution in [0.4, 0.5) is 0 Å². The summed E-state index contributed by atoms with van der Waals surface area (Å²) in [4.78, 5) is 20.7. The first-order chi connectivity index (χ1) is 26.1. The van der Waals surface area contributed by atoms with Gasteiger partial charge in [-0.2, -0.15) is 9.97 Å². The van der Waals surface area contributed by atoms with Gasteiger partial charge in [-0.15, -0.1) is 0 Å². The molecule has 0 N–H and O–H groups in total. The number of aromatic nitrogens is 6. The monoisotopic (exact) mass is 680 g/mol. The second-order valence-electron chi connectivity index (χ2n) is 14.3. The van der Waals surface area contributed by atoms with Crippen LogP contribution in [0.15, 0.2) is 158 Å². The molecule has 53 heavy (non-hydrogen) atoms. The Balaban J connectivity index is 1.24. The largest absolute Gasteiger partial charge is 0.307 e. The van der Waals surface area contributed by atoms with Gasteiger partial charge in [0, 0.05) is 44.3 Å². The van der Waals surface area contributed by atoms with E-state index in [0.717, 1.165) is 55.0 Å². The highest BCUT2D eigenvalue weighted by atomic mass is 15.2. The van der Waals surface area contributed by atoms with Crippen LogP contribution < -0.4 is 0 Å². The lowest BCUT2D eigenvalue weighted by Crippen LogP contribution is -2.14. The van der Waals surface area contributed by atoms with Crippen LogP contribution >= 0.6 is 0 Å². The van der Waals surface area contributed by atoms with Gasteiger partial charge in [0.25, 0.3) is 0 Å². The van der Waals surface area contributed by atoms with Gasteiger partial charge < -0.3 is 4.57 Å². The Morgan fingerprint density at radius 1 is 0.434 bits per heavy atom. The Hall–Kier alpha value is -6.92. The summed E-state index contributed by atoms with van der Waals surface area (Å²) in [6, 6.07) is 51.3. The SMILES string of the molecule is CC1(C)c2ccccc2-c2c(-c3nc(-c4ccccc4-n4c5ccccc5c5ccncc54)nc(-n4c5ccccc5c5ccccc54)n3)cccc21. The minimum atomic E-state index is -0.162. The predicted octanol–water partition coefficient (Wildman–Crippen LogP) is 11.1. The molecule has 6 aromatic carbocycles. The van der Waals surface area contributed by atoms with Crippen molar-refractivity contribution < 1.29 is 0 Å². The van der Waals surface area contributed by atoms with Crippen LogP contribution in [0.5, 0.6) is 0 Å². The van der Waals surface area contributed by atoms with Crippen molar-refractivity contribution in [1.82, 2.24) is 29.1 Å². The third-order valence-corrected chi connectivity index (χ3v) is 11.1. The standard InChI is InChI=1S/C47H32N6/c1-47(2)36-20-8-3-17-33(36)43-35(19-13-21-37(43)47)45-49-44(50-46(51-45)53-39-23-10-5-14-29(39)30-15-6-11-24-40(30)53)34-18-7-12-25-41(34)52-38-22-9-4-16-31(38)32-26-27-48-28-42(32)52/h3-28H,1-2H3. The van der Waals surface area contributed by atoms with E-state index in [9.17, 15) is 0 Å². The Morgan fingerprint density at radius 3 is 1.68 bits per heavy atom. The van der Waals surface area contributed by atoms with Gasteiger partial charge in [0.05, 0.1) is 34.0 Å². The molecule has 0 saturated carbocycles. The smallest absolute Gasteiger partial charge is 0.238 e. The van der Waals surface area contributed by atoms with Crippen LogP contribution in [-0.4, -0.2) is 29.1 Å². The molecule has 0 fully saturated rings. The molecule has 0 radical (unpaired) electrons. The van der Waals surface area contributed by atoms with Gasteiger partial charge in [0.2, 0.25) is 5.95 Å². The first-order valence-corrected chi connectivity index (χ1v) is 18.0. The number of fused-ring (bicyclic) bond motifs is 9. The number of hydrogen-bond acceptors (Lipinski definition) is 4. The van der Waals surface area contributed by atoms with Gasteiger partial charge in [0.15, 0.2) is 11.6 Å². The molecule has 0 unspecified atom stereocenters. The van der Waals surface area contributed by atoms with Crippen molar-refractivity contribution in [1.29, 1.82) is 0 Å². The minimum absolute atomic E-state index is 0.162. The molecular weight excluding hydrogens is 649 g/mol. The zero-order valence-corrected chi connectivity index (χ0v) is 29.2. The minimum Gasteiger partial charge on any atom is -0.307 e. The van der Waals surface area contributed by atoms with Crippen molar-refractivity contribution in [3.8, 4) is 45.5 Å². The van der Waals surface area contributed by atoms with Crippen molar-refractivity contribution in [2.24, 2.45) is 0 Å². The van der Waals surface area contributed by atoms with Crippen LogP contribution in [-0.2, 0) is 5.41 Å². The topological polar surface area (TPSA) is 61.4 Å². The molecule has 1 aliphatic carbocycles. The Kier molecular flexibility index (Phi) is 6.20. The summed E-state index contributed by atoms with van der Waals surface area (Å²) in [5.74, 6) is 1.81. The Labute approximate surface area is 305 Å². The van der Waals surface area contributed by atoms with Crippen molar-refractivity contribution >= 4 is 43.6 Å². The fraction of sp³-hybridized carbons (Fsp3) is 0.0638. The van der Waals surface area contributed by atoms with Gasteiger partial charge in [-0.3, -0.25) is 9.55 Å². The zero-order valence-electron chi connectivity index (χ0n) is 29.2. The quantitative estimate of drug-likeness (QED) is 0.186. The molecule has 0 amide bonds. The van der Waals surface area contributed by atoms with Gasteiger partial charge in [-0.1, -0.05) is 123 Å². The Morgan fingerprint density at radius 2 is 0.962 bits per heavy atom. The number of pyridine rings is 1. The van der Waals surface area contributed by atoms with E-state index in [1.165, 1.54) is 27.6 Å². The first-order valence-electron chi connectivity index (χ1n) is 18.0. The maximum absolute atomic E-state index is 5.41. The fourth-order valence-electron chi connectivity index (χ4n) is 8.72. The van der Waals surface area contributed by atoms with Crippen molar-refractivity contribution in [2.75, 3.05) is 0 Å². The lowest BCUT2D eigenvalue weighted by atomic mass is 9.82. The highest BCUT2D eigenvalue weighted by Gasteiger charge is 2.37. The zero-order chi connectivity index (χ0) is 35.3. The maximum atomic E-state index is 5.41. The van der Waals surface area contributed by atoms with Crippen LogP contribution in [0.25, 0.3) is 89.2 Å². The summed E-state index contributed by atoms with van der Waals surface area (Å²) in [5, 5.41) is 4.62. The van der Waals surface area contributed by atoms with Gasteiger partial charge >= 0.3 is 0 Å². The van der Waals surface area contributed by atoms with Crippen LogP contribution in [0.2, 0.25) is 0 Å². The molecule has 0 saturated heterocycles. The third-order valence-electron chi connectivity index (χ3n) is 11.1. The second-order valence-corrected chi connectivity index (χ2v) is 14.3. The van der Waals surface area contributed by atoms with Crippen molar-refractivity contribution in [3.63, 3.8) is 0 Å². The summed E-state index contributed by atoms with van der Waals surface area (Å²) in [6.45, 7) is 4.61. The second kappa shape index (κ2) is 11.0. The molecule has 10 aromatic rings. The molecule has 0 aliphatic heterocycles. The van der Waals surface area contributed by atoms with E-state index in [0.29, 0.717) is 17.6 Å². The Bertz CT molecular complexity index is 3000. The number of para-hydroxylation sites is 4. The molecule has 4 heterocycles. The molecule has 6 heteroatoms. The molecular formula is C47H32N6. The van der Waals surface area contributed by atoms with Crippen LogP contribution in [0.3, 0.4) is 0 Å². The number of hydrogen-bond donors (Lipinski definition) is 0. The first kappa shape index (κ1) is 29.8. The van der Waals surface area contributed by atoms with E-state index in [2.05, 4.69) is 174 Å². The predicted molar refractivity (Wildman–Crippen MR) is 215 cm³/mol. The van der Waals surface area contributed by atoms with Crippen LogP contribution in [0.1, 0.15) is 25.0 Å². The van der Waals surface area contributed by atoms with Gasteiger partial charge in [-0.05, 0) is 58.7 Å². The van der Waals surface area contributed by atoms with E-state index in [4.69, 9.17) is 15.0 Å². The van der Waals surface area contributed by atoms with Crippen molar-refractivity contribution in [3.05, 3.63) is 169 Å². The average Bonchev–Trinajstić information content (AvgIpc) is 3.81.